The molecule has 0 amide bonds. The van der Waals surface area contributed by atoms with E-state index in [4.69, 9.17) is 4.74 Å². The van der Waals surface area contributed by atoms with E-state index in [2.05, 4.69) is 39.5 Å². The summed E-state index contributed by atoms with van der Waals surface area (Å²) in [6.07, 6.45) is 8.93. The molecule has 0 heterocycles. The van der Waals surface area contributed by atoms with Crippen molar-refractivity contribution in [2.75, 3.05) is 6.61 Å². The molecule has 20 heavy (non-hydrogen) atoms. The van der Waals surface area contributed by atoms with E-state index < -0.39 is 0 Å². The molecule has 0 aromatic rings. The molecule has 2 nitrogen and oxygen atoms in total. The molecule has 0 atom stereocenters. The third kappa shape index (κ3) is 15.1. The van der Waals surface area contributed by atoms with Crippen molar-refractivity contribution >= 4 is 5.97 Å². The maximum Gasteiger partial charge on any atom is 0.384 e. The molecule has 0 rings (SSSR count). The van der Waals surface area contributed by atoms with Gasteiger partial charge in [0, 0.05) is 12.3 Å². The Balaban J connectivity index is 3.38. The highest BCUT2D eigenvalue weighted by Gasteiger charge is 1.98. The lowest BCUT2D eigenvalue weighted by Gasteiger charge is -2.04. The summed E-state index contributed by atoms with van der Waals surface area (Å²) < 4.78 is 5.08. The zero-order chi connectivity index (χ0) is 15.2. The SMILES string of the molecule is CC(C)CCCC#CC(=O)OCCCCCCC(C)C. The van der Waals surface area contributed by atoms with Crippen LogP contribution in [-0.2, 0) is 9.53 Å². The Morgan fingerprint density at radius 2 is 1.50 bits per heavy atom. The molecular weight excluding hydrogens is 248 g/mol. The fourth-order valence-electron chi connectivity index (χ4n) is 1.94. The number of esters is 1. The first kappa shape index (κ1) is 19.0. The van der Waals surface area contributed by atoms with Gasteiger partial charge in [-0.2, -0.15) is 0 Å². The maximum absolute atomic E-state index is 11.3. The third-order valence-electron chi connectivity index (χ3n) is 3.18. The van der Waals surface area contributed by atoms with Crippen LogP contribution in [0.3, 0.4) is 0 Å². The van der Waals surface area contributed by atoms with Crippen molar-refractivity contribution < 1.29 is 9.53 Å². The van der Waals surface area contributed by atoms with E-state index in [1.807, 2.05) is 0 Å². The van der Waals surface area contributed by atoms with Crippen LogP contribution in [-0.4, -0.2) is 12.6 Å². The molecule has 0 aromatic carbocycles. The van der Waals surface area contributed by atoms with E-state index >= 15 is 0 Å². The van der Waals surface area contributed by atoms with E-state index in [1.54, 1.807) is 0 Å². The summed E-state index contributed by atoms with van der Waals surface area (Å²) in [6, 6.07) is 0. The van der Waals surface area contributed by atoms with Gasteiger partial charge in [0.25, 0.3) is 0 Å². The summed E-state index contributed by atoms with van der Waals surface area (Å²) in [7, 11) is 0. The normalized spacial score (nSPS) is 10.5. The van der Waals surface area contributed by atoms with Gasteiger partial charge < -0.3 is 4.74 Å². The van der Waals surface area contributed by atoms with E-state index in [0.717, 1.165) is 31.6 Å². The van der Waals surface area contributed by atoms with Crippen LogP contribution in [0.4, 0.5) is 0 Å². The van der Waals surface area contributed by atoms with Crippen molar-refractivity contribution in [3.8, 4) is 11.8 Å². The van der Waals surface area contributed by atoms with Crippen LogP contribution in [0.15, 0.2) is 0 Å². The van der Waals surface area contributed by atoms with Gasteiger partial charge >= 0.3 is 5.97 Å². The number of carbonyl (C=O) groups excluding carboxylic acids is 1. The molecule has 2 heteroatoms. The molecule has 0 N–H and O–H groups in total. The minimum atomic E-state index is -0.364. The molecular formula is C18H32O2. The van der Waals surface area contributed by atoms with Crippen LogP contribution in [0.5, 0.6) is 0 Å². The van der Waals surface area contributed by atoms with Crippen molar-refractivity contribution in [2.45, 2.75) is 79.1 Å². The summed E-state index contributed by atoms with van der Waals surface area (Å²) >= 11 is 0. The number of hydrogen-bond donors (Lipinski definition) is 0. The first-order valence-electron chi connectivity index (χ1n) is 8.18. The van der Waals surface area contributed by atoms with Gasteiger partial charge in [0.2, 0.25) is 0 Å². The Bertz CT molecular complexity index is 294. The second-order valence-corrected chi connectivity index (χ2v) is 6.32. The Hall–Kier alpha value is -0.970. The summed E-state index contributed by atoms with van der Waals surface area (Å²) in [5, 5.41) is 0. The predicted molar refractivity (Wildman–Crippen MR) is 85.3 cm³/mol. The minimum Gasteiger partial charge on any atom is -0.456 e. The lowest BCUT2D eigenvalue weighted by atomic mass is 10.0. The standard InChI is InChI=1S/C18H32O2/c1-16(2)12-8-5-6-11-15-20-18(19)14-10-7-9-13-17(3)4/h16-17H,5-9,11-13,15H2,1-4H3. The average molecular weight is 280 g/mol. The molecule has 0 aliphatic rings. The van der Waals surface area contributed by atoms with E-state index in [-0.39, 0.29) is 5.97 Å². The molecule has 0 unspecified atom stereocenters. The molecule has 0 aliphatic carbocycles. The van der Waals surface area contributed by atoms with Gasteiger partial charge in [-0.25, -0.2) is 4.79 Å². The quantitative estimate of drug-likeness (QED) is 0.244. The van der Waals surface area contributed by atoms with Crippen LogP contribution in [0.25, 0.3) is 0 Å². The topological polar surface area (TPSA) is 26.3 Å². The summed E-state index contributed by atoms with van der Waals surface area (Å²) in [4.78, 5) is 11.3. The number of unbranched alkanes of at least 4 members (excludes halogenated alkanes) is 4. The van der Waals surface area contributed by atoms with Crippen LogP contribution in [0.1, 0.15) is 79.1 Å². The van der Waals surface area contributed by atoms with E-state index in [9.17, 15) is 4.79 Å². The molecule has 0 radical (unpaired) electrons. The summed E-state index contributed by atoms with van der Waals surface area (Å²) in [6.45, 7) is 9.41. The van der Waals surface area contributed by atoms with Gasteiger partial charge in [-0.05, 0) is 24.7 Å². The van der Waals surface area contributed by atoms with Gasteiger partial charge in [0.05, 0.1) is 6.61 Å². The fourth-order valence-corrected chi connectivity index (χ4v) is 1.94. The van der Waals surface area contributed by atoms with Crippen LogP contribution in [0, 0.1) is 23.7 Å². The summed E-state index contributed by atoms with van der Waals surface area (Å²) in [5.74, 6) is 6.59. The van der Waals surface area contributed by atoms with Crippen molar-refractivity contribution in [2.24, 2.45) is 11.8 Å². The van der Waals surface area contributed by atoms with Gasteiger partial charge in [-0.3, -0.25) is 0 Å². The fraction of sp³-hybridized carbons (Fsp3) is 0.833. The monoisotopic (exact) mass is 280 g/mol. The number of hydrogen-bond acceptors (Lipinski definition) is 2. The Labute approximate surface area is 125 Å². The second kappa shape index (κ2) is 13.0. The first-order chi connectivity index (χ1) is 9.52. The zero-order valence-electron chi connectivity index (χ0n) is 13.8. The summed E-state index contributed by atoms with van der Waals surface area (Å²) in [5.41, 5.74) is 0. The zero-order valence-corrected chi connectivity index (χ0v) is 13.8. The Morgan fingerprint density at radius 1 is 0.900 bits per heavy atom. The molecule has 0 aromatic heterocycles. The minimum absolute atomic E-state index is 0.364. The highest BCUT2D eigenvalue weighted by atomic mass is 16.5. The second-order valence-electron chi connectivity index (χ2n) is 6.32. The highest BCUT2D eigenvalue weighted by molar-refractivity contribution is 5.88. The molecule has 0 aliphatic heterocycles. The highest BCUT2D eigenvalue weighted by Crippen LogP contribution is 2.09. The van der Waals surface area contributed by atoms with Crippen molar-refractivity contribution in [1.82, 2.24) is 0 Å². The Kier molecular flexibility index (Phi) is 12.4. The number of rotatable bonds is 10. The van der Waals surface area contributed by atoms with Gasteiger partial charge in [0.15, 0.2) is 0 Å². The van der Waals surface area contributed by atoms with Gasteiger partial charge in [-0.1, -0.05) is 65.7 Å². The van der Waals surface area contributed by atoms with Crippen LogP contribution in [0.2, 0.25) is 0 Å². The molecule has 0 spiro atoms. The molecule has 0 fully saturated rings. The molecule has 0 bridgehead atoms. The maximum atomic E-state index is 11.3. The van der Waals surface area contributed by atoms with Crippen LogP contribution >= 0.6 is 0 Å². The average Bonchev–Trinajstić information content (AvgIpc) is 2.36. The molecule has 0 saturated carbocycles. The van der Waals surface area contributed by atoms with Crippen molar-refractivity contribution in [1.29, 1.82) is 0 Å². The van der Waals surface area contributed by atoms with Gasteiger partial charge in [-0.15, -0.1) is 0 Å². The third-order valence-corrected chi connectivity index (χ3v) is 3.18. The van der Waals surface area contributed by atoms with Gasteiger partial charge in [0.1, 0.15) is 0 Å². The lowest BCUT2D eigenvalue weighted by Crippen LogP contribution is -2.02. The molecule has 0 saturated heterocycles. The van der Waals surface area contributed by atoms with Crippen molar-refractivity contribution in [3.63, 3.8) is 0 Å². The Morgan fingerprint density at radius 3 is 2.15 bits per heavy atom. The predicted octanol–water partition coefficient (Wildman–Crippen LogP) is 4.97. The largest absolute Gasteiger partial charge is 0.456 e. The smallest absolute Gasteiger partial charge is 0.384 e. The van der Waals surface area contributed by atoms with Crippen molar-refractivity contribution in [3.05, 3.63) is 0 Å². The van der Waals surface area contributed by atoms with E-state index in [0.29, 0.717) is 12.5 Å². The van der Waals surface area contributed by atoms with E-state index in [1.165, 1.54) is 25.7 Å². The lowest BCUT2D eigenvalue weighted by molar-refractivity contribution is -0.136. The first-order valence-corrected chi connectivity index (χ1v) is 8.18. The molecule has 116 valence electrons. The number of ether oxygens (including phenoxy) is 1. The number of carbonyl (C=O) groups is 1. The van der Waals surface area contributed by atoms with Crippen LogP contribution < -0.4 is 0 Å².